The number of aliphatic hydroxyl groups excluding tert-OH is 1. The van der Waals surface area contributed by atoms with Gasteiger partial charge in [-0.15, -0.1) is 10.2 Å². The molecule has 11 rings (SSSR count). The molecule has 2 bridgehead atoms. The van der Waals surface area contributed by atoms with Gasteiger partial charge in [0, 0.05) is 70.8 Å². The van der Waals surface area contributed by atoms with Gasteiger partial charge >= 0.3 is 0 Å². The number of hydrogen-bond donors (Lipinski definition) is 4. The Morgan fingerprint density at radius 2 is 1.67 bits per heavy atom. The number of nitrogen functional groups attached to an aromatic ring is 1. The van der Waals surface area contributed by atoms with Gasteiger partial charge in [0.2, 0.25) is 11.8 Å². The molecule has 2 amide bonds. The zero-order chi connectivity index (χ0) is 43.5. The molecule has 2 saturated carbocycles. The van der Waals surface area contributed by atoms with E-state index >= 15 is 0 Å². The lowest BCUT2D eigenvalue weighted by atomic mass is 9.52. The van der Waals surface area contributed by atoms with Crippen molar-refractivity contribution in [1.82, 2.24) is 25.3 Å². The van der Waals surface area contributed by atoms with Crippen LogP contribution in [-0.4, -0.2) is 132 Å². The molecule has 0 radical (unpaired) electrons. The Morgan fingerprint density at radius 3 is 2.50 bits per heavy atom. The number of anilines is 4. The smallest absolute Gasteiger partial charge is 0.244 e. The number of amides is 2. The predicted molar refractivity (Wildman–Crippen MR) is 244 cm³/mol. The maximum atomic E-state index is 13.6. The number of benzene rings is 3. The number of hydrogen-bond acceptors (Lipinski definition) is 13. The molecule has 6 fully saturated rings. The summed E-state index contributed by atoms with van der Waals surface area (Å²) < 4.78 is 12.9. The fraction of sp³-hybridized carbons (Fsp3) is 0.510. The molecule has 6 atom stereocenters. The summed E-state index contributed by atoms with van der Waals surface area (Å²) in [6.45, 7) is 7.89. The standard InChI is InChI=1S/C49H59N9O6/c50-47-42(25-38(52-53-47)36-7-1-2-10-43(36)59)57-28-31-23-37-32(29-57)27-49(37,26-31)33-5-3-6-35(24-33)64-34-13-15-56(16-14-34)45(61)30-54-17-19-55(20-18-54)39-8-4-9-40-46(39)63-22-21-58(40)41-11-12-44(60)51-48(41)62/h1-10,24-25,31-32,34,37,41,44,59-60H,11-23,26-30H2,(H2,50,53)(H,51,62)/t31-,32+,37?,41+,44?,49?/m1/s1. The van der Waals surface area contributed by atoms with Crippen LogP contribution in [-0.2, 0) is 15.0 Å². The van der Waals surface area contributed by atoms with Crippen LogP contribution in [0.4, 0.5) is 22.9 Å². The van der Waals surface area contributed by atoms with Gasteiger partial charge in [0.15, 0.2) is 11.6 Å². The number of nitrogens with one attached hydrogen (secondary N) is 1. The Hall–Kier alpha value is -5.80. The molecule has 3 unspecified atom stereocenters. The summed E-state index contributed by atoms with van der Waals surface area (Å²) in [7, 11) is 0. The molecule has 336 valence electrons. The second-order valence-electron chi connectivity index (χ2n) is 19.2. The van der Waals surface area contributed by atoms with Gasteiger partial charge in [-0.1, -0.05) is 30.3 Å². The third-order valence-electron chi connectivity index (χ3n) is 15.5. The SMILES string of the molecule is Nc1nnc(-c2ccccc2O)cc1N1C[C@@H]2CC3[C@H](C1)CC3(c1cccc(OC3CCN(C(=O)CN4CCN(c5cccc6c5OCCN6[C@H]5CCC(O)NC5=O)CC4)CC3)c1)C2. The van der Waals surface area contributed by atoms with Gasteiger partial charge in [-0.05, 0) is 103 Å². The summed E-state index contributed by atoms with van der Waals surface area (Å²) in [5.41, 5.74) is 12.2. The second kappa shape index (κ2) is 16.6. The minimum absolute atomic E-state index is 0.0743. The summed E-state index contributed by atoms with van der Waals surface area (Å²) in [6.07, 6.45) is 5.54. The summed E-state index contributed by atoms with van der Waals surface area (Å²) in [5, 5.41) is 31.7. The number of phenolic OH excluding ortho intramolecular Hbond substituents is 1. The molecule has 1 aromatic heterocycles. The van der Waals surface area contributed by atoms with E-state index in [1.165, 1.54) is 12.0 Å². The summed E-state index contributed by atoms with van der Waals surface area (Å²) >= 11 is 0. The molecular weight excluding hydrogens is 811 g/mol. The number of piperazine rings is 1. The van der Waals surface area contributed by atoms with E-state index in [0.29, 0.717) is 80.5 Å². The molecule has 2 aliphatic carbocycles. The van der Waals surface area contributed by atoms with E-state index in [4.69, 9.17) is 15.2 Å². The minimum Gasteiger partial charge on any atom is -0.507 e. The highest BCUT2D eigenvalue weighted by atomic mass is 16.5. The normalized spacial score (nSPS) is 28.1. The van der Waals surface area contributed by atoms with Crippen molar-refractivity contribution in [3.63, 3.8) is 0 Å². The number of aromatic nitrogens is 2. The third-order valence-corrected chi connectivity index (χ3v) is 15.5. The average molecular weight is 870 g/mol. The highest BCUT2D eigenvalue weighted by Gasteiger charge is 2.61. The number of rotatable bonds is 9. The number of nitrogens with zero attached hydrogens (tertiary/aromatic N) is 7. The number of likely N-dealkylation sites (tertiary alicyclic amines) is 1. The van der Waals surface area contributed by atoms with Gasteiger partial charge in [-0.25, -0.2) is 0 Å². The molecule has 15 nitrogen and oxygen atoms in total. The predicted octanol–water partition coefficient (Wildman–Crippen LogP) is 4.22. The van der Waals surface area contributed by atoms with Crippen molar-refractivity contribution < 1.29 is 29.3 Å². The van der Waals surface area contributed by atoms with E-state index in [1.54, 1.807) is 12.1 Å². The average Bonchev–Trinajstić information content (AvgIpc) is 3.50. The lowest BCUT2D eigenvalue weighted by Crippen LogP contribution is -2.56. The van der Waals surface area contributed by atoms with E-state index in [1.807, 2.05) is 35.2 Å². The number of para-hydroxylation sites is 2. The Bertz CT molecular complexity index is 2400. The minimum atomic E-state index is -0.782. The molecule has 64 heavy (non-hydrogen) atoms. The number of carbonyl (C=O) groups is 2. The van der Waals surface area contributed by atoms with Crippen molar-refractivity contribution in [2.75, 3.05) is 92.5 Å². The van der Waals surface area contributed by atoms with E-state index in [-0.39, 0.29) is 35.1 Å². The van der Waals surface area contributed by atoms with Crippen LogP contribution in [0.15, 0.2) is 72.8 Å². The summed E-state index contributed by atoms with van der Waals surface area (Å²) in [5.74, 6) is 4.11. The third kappa shape index (κ3) is 7.49. The number of nitrogens with two attached hydrogens (primary N) is 1. The number of aliphatic hydroxyl groups is 1. The molecular formula is C49H59N9O6. The Balaban J connectivity index is 0.662. The van der Waals surface area contributed by atoms with Gasteiger partial charge in [0.25, 0.3) is 0 Å². The number of ether oxygens (including phenoxy) is 2. The first kappa shape index (κ1) is 40.9. The molecule has 6 heterocycles. The molecule has 7 aliphatic rings. The first-order valence-corrected chi connectivity index (χ1v) is 23.4. The molecule has 15 heteroatoms. The van der Waals surface area contributed by atoms with Crippen molar-refractivity contribution in [3.05, 3.63) is 78.4 Å². The number of fused-ring (bicyclic) bond motifs is 2. The van der Waals surface area contributed by atoms with Crippen molar-refractivity contribution in [2.24, 2.45) is 17.8 Å². The zero-order valence-corrected chi connectivity index (χ0v) is 36.4. The molecule has 5 N–H and O–H groups in total. The lowest BCUT2D eigenvalue weighted by Gasteiger charge is -2.54. The Morgan fingerprint density at radius 1 is 0.859 bits per heavy atom. The number of aromatic hydroxyl groups is 1. The Labute approximate surface area is 374 Å². The van der Waals surface area contributed by atoms with Crippen LogP contribution < -0.4 is 35.2 Å². The van der Waals surface area contributed by atoms with Crippen molar-refractivity contribution in [3.8, 4) is 28.5 Å². The van der Waals surface area contributed by atoms with Crippen LogP contribution in [0, 0.1) is 17.8 Å². The topological polar surface area (TPSA) is 173 Å². The molecule has 4 aromatic rings. The van der Waals surface area contributed by atoms with Gasteiger partial charge in [-0.3, -0.25) is 14.5 Å². The van der Waals surface area contributed by atoms with Gasteiger partial charge < -0.3 is 50.3 Å². The molecule has 5 aliphatic heterocycles. The van der Waals surface area contributed by atoms with Crippen LogP contribution in [0.25, 0.3) is 11.3 Å². The van der Waals surface area contributed by atoms with Crippen molar-refractivity contribution in [2.45, 2.75) is 68.7 Å². The molecule has 4 saturated heterocycles. The van der Waals surface area contributed by atoms with E-state index < -0.39 is 6.23 Å². The van der Waals surface area contributed by atoms with E-state index in [9.17, 15) is 19.8 Å². The monoisotopic (exact) mass is 869 g/mol. The zero-order valence-electron chi connectivity index (χ0n) is 36.4. The van der Waals surface area contributed by atoms with Crippen molar-refractivity contribution in [1.29, 1.82) is 0 Å². The Kier molecular flexibility index (Phi) is 10.6. The second-order valence-corrected chi connectivity index (χ2v) is 19.2. The van der Waals surface area contributed by atoms with Gasteiger partial charge in [0.05, 0.1) is 35.8 Å². The van der Waals surface area contributed by atoms with Gasteiger partial charge in [-0.2, -0.15) is 0 Å². The van der Waals surface area contributed by atoms with E-state index in [0.717, 1.165) is 93.5 Å². The lowest BCUT2D eigenvalue weighted by molar-refractivity contribution is -0.134. The number of phenols is 1. The fourth-order valence-corrected chi connectivity index (χ4v) is 12.4. The number of piperidine rings is 2. The quantitative estimate of drug-likeness (QED) is 0.189. The first-order chi connectivity index (χ1) is 31.2. The van der Waals surface area contributed by atoms with Crippen LogP contribution in [0.2, 0.25) is 0 Å². The first-order valence-electron chi connectivity index (χ1n) is 23.4. The van der Waals surface area contributed by atoms with Crippen LogP contribution in [0.5, 0.6) is 17.2 Å². The highest BCUT2D eigenvalue weighted by Crippen LogP contribution is 2.65. The van der Waals surface area contributed by atoms with Crippen LogP contribution in [0.1, 0.15) is 50.5 Å². The highest BCUT2D eigenvalue weighted by molar-refractivity contribution is 5.88. The number of carbonyl (C=O) groups excluding carboxylic acids is 2. The van der Waals surface area contributed by atoms with Crippen molar-refractivity contribution >= 4 is 34.7 Å². The maximum absolute atomic E-state index is 13.6. The van der Waals surface area contributed by atoms with Crippen LogP contribution in [0.3, 0.4) is 0 Å². The largest absolute Gasteiger partial charge is 0.507 e. The van der Waals surface area contributed by atoms with E-state index in [2.05, 4.69) is 65.4 Å². The van der Waals surface area contributed by atoms with Crippen LogP contribution >= 0.6 is 0 Å². The maximum Gasteiger partial charge on any atom is 0.244 e. The summed E-state index contributed by atoms with van der Waals surface area (Å²) in [4.78, 5) is 37.5. The summed E-state index contributed by atoms with van der Waals surface area (Å²) in [6, 6.07) is 23.9. The van der Waals surface area contributed by atoms with Gasteiger partial charge in [0.1, 0.15) is 36.5 Å². The molecule has 3 aromatic carbocycles. The molecule has 0 spiro atoms. The fourth-order valence-electron chi connectivity index (χ4n) is 12.4.